The molecule has 1 heterocycles. The summed E-state index contributed by atoms with van der Waals surface area (Å²) in [7, 11) is 0. The maximum atomic E-state index is 12.3. The molecule has 2 aliphatic rings. The summed E-state index contributed by atoms with van der Waals surface area (Å²) in [4.78, 5) is 13.6. The number of nitrogens with zero attached hydrogens (tertiary/aromatic N) is 1. The van der Waals surface area contributed by atoms with Crippen LogP contribution < -0.4 is 10.6 Å². The monoisotopic (exact) mass is 360 g/mol. The molecule has 0 radical (unpaired) electrons. The fraction of sp³-hybridized carbons (Fsp3) is 0.700. The predicted octanol–water partition coefficient (Wildman–Crippen LogP) is 3.50. The Labute approximate surface area is 155 Å². The number of hydrogen-bond acceptors (Lipinski definition) is 3. The number of thiophene rings is 1. The number of rotatable bonds is 5. The van der Waals surface area contributed by atoms with Gasteiger partial charge in [0.15, 0.2) is 0 Å². The lowest BCUT2D eigenvalue weighted by Gasteiger charge is -2.18. The molecule has 0 aromatic carbocycles. The van der Waals surface area contributed by atoms with Gasteiger partial charge in [-0.2, -0.15) is 5.26 Å². The molecule has 0 atom stereocenters. The van der Waals surface area contributed by atoms with Crippen molar-refractivity contribution < 1.29 is 10.1 Å². The molecule has 0 bridgehead atoms. The number of anilines is 1. The summed E-state index contributed by atoms with van der Waals surface area (Å²) in [5, 5.41) is 15.6. The average molecular weight is 361 g/mol. The molecule has 1 aromatic rings. The number of amides is 1. The molecule has 0 saturated heterocycles. The number of aryl methyl sites for hydroxylation is 1. The molecule has 5 heteroatoms. The fourth-order valence-electron chi connectivity index (χ4n) is 4.13. The Bertz CT molecular complexity index is 624. The van der Waals surface area contributed by atoms with Crippen molar-refractivity contribution in [3.63, 3.8) is 0 Å². The maximum Gasteiger partial charge on any atom is 0.230 e. The zero-order valence-corrected chi connectivity index (χ0v) is 15.9. The van der Waals surface area contributed by atoms with Crippen molar-refractivity contribution in [2.45, 2.75) is 83.1 Å². The largest absolute Gasteiger partial charge is 0.343 e. The van der Waals surface area contributed by atoms with Crippen LogP contribution in [0.1, 0.15) is 80.2 Å². The van der Waals surface area contributed by atoms with Crippen molar-refractivity contribution in [2.24, 2.45) is 0 Å². The van der Waals surface area contributed by atoms with Crippen molar-refractivity contribution in [1.29, 1.82) is 5.26 Å². The number of fused-ring (bicyclic) bond motifs is 1. The van der Waals surface area contributed by atoms with Gasteiger partial charge in [0, 0.05) is 4.88 Å². The third-order valence-corrected chi connectivity index (χ3v) is 6.76. The Kier molecular flexibility index (Phi) is 6.89. The maximum absolute atomic E-state index is 12.3. The smallest absolute Gasteiger partial charge is 0.230 e. The fourth-order valence-corrected chi connectivity index (χ4v) is 5.39. The summed E-state index contributed by atoms with van der Waals surface area (Å²) in [5.41, 5.74) is 1.91. The average Bonchev–Trinajstić information content (AvgIpc) is 2.93. The molecule has 3 rings (SSSR count). The van der Waals surface area contributed by atoms with Crippen molar-refractivity contribution >= 4 is 22.2 Å². The Hall–Kier alpha value is -1.38. The van der Waals surface area contributed by atoms with Crippen LogP contribution in [0.4, 0.5) is 5.00 Å². The van der Waals surface area contributed by atoms with Gasteiger partial charge in [-0.1, -0.05) is 19.3 Å². The van der Waals surface area contributed by atoms with E-state index in [0.29, 0.717) is 12.5 Å². The van der Waals surface area contributed by atoms with Crippen LogP contribution in [-0.2, 0) is 17.6 Å². The summed E-state index contributed by atoms with van der Waals surface area (Å²) in [6.45, 7) is 0.851. The second-order valence-corrected chi connectivity index (χ2v) is 8.56. The first kappa shape index (κ1) is 18.4. The van der Waals surface area contributed by atoms with E-state index in [0.717, 1.165) is 36.4 Å². The van der Waals surface area contributed by atoms with E-state index >= 15 is 0 Å². The minimum absolute atomic E-state index is 0.0530. The van der Waals surface area contributed by atoms with Gasteiger partial charge in [0.05, 0.1) is 24.6 Å². The Morgan fingerprint density at radius 2 is 1.84 bits per heavy atom. The molecule has 0 aliphatic heterocycles. The number of nitrogens with two attached hydrogens (primary N) is 1. The summed E-state index contributed by atoms with van der Waals surface area (Å²) in [6.07, 6.45) is 14.3. The van der Waals surface area contributed by atoms with Crippen molar-refractivity contribution in [3.8, 4) is 6.07 Å². The molecular formula is C20H30N3OS+. The Balaban J connectivity index is 1.48. The molecule has 3 N–H and O–H groups in total. The van der Waals surface area contributed by atoms with Gasteiger partial charge in [0.1, 0.15) is 11.1 Å². The van der Waals surface area contributed by atoms with Crippen LogP contribution in [0.15, 0.2) is 0 Å². The van der Waals surface area contributed by atoms with E-state index in [2.05, 4.69) is 16.7 Å². The molecular weight excluding hydrogens is 330 g/mol. The third kappa shape index (κ3) is 5.05. The van der Waals surface area contributed by atoms with Gasteiger partial charge in [-0.15, -0.1) is 11.3 Å². The van der Waals surface area contributed by atoms with Gasteiger partial charge >= 0.3 is 0 Å². The van der Waals surface area contributed by atoms with Crippen molar-refractivity contribution in [3.05, 3.63) is 16.0 Å². The molecule has 4 nitrogen and oxygen atoms in total. The van der Waals surface area contributed by atoms with Crippen LogP contribution in [0.2, 0.25) is 0 Å². The van der Waals surface area contributed by atoms with Crippen LogP contribution in [0.3, 0.4) is 0 Å². The lowest BCUT2D eigenvalue weighted by molar-refractivity contribution is -0.689. The molecule has 25 heavy (non-hydrogen) atoms. The second-order valence-electron chi connectivity index (χ2n) is 7.45. The lowest BCUT2D eigenvalue weighted by Crippen LogP contribution is -2.90. The SMILES string of the molecule is N#Cc1c(NC(=O)CC[NH2+]C2CCCCCCC2)sc2c1CCCC2. The molecule has 0 spiro atoms. The molecule has 136 valence electrons. The van der Waals surface area contributed by atoms with Crippen LogP contribution in [0, 0.1) is 11.3 Å². The highest BCUT2D eigenvalue weighted by molar-refractivity contribution is 7.16. The standard InChI is InChI=1S/C20H29N3OS/c21-14-17-16-10-6-7-11-18(16)25-20(17)23-19(24)12-13-22-15-8-4-2-1-3-5-9-15/h15,22H,1-13H2,(H,23,24)/p+1. The molecule has 1 amide bonds. The van der Waals surface area contributed by atoms with Gasteiger partial charge in [-0.05, 0) is 56.9 Å². The van der Waals surface area contributed by atoms with Crippen molar-refractivity contribution in [1.82, 2.24) is 0 Å². The first-order valence-corrected chi connectivity index (χ1v) is 10.8. The molecule has 0 unspecified atom stereocenters. The van der Waals surface area contributed by atoms with Gasteiger partial charge in [-0.3, -0.25) is 4.79 Å². The quantitative estimate of drug-likeness (QED) is 0.844. The molecule has 1 aromatic heterocycles. The van der Waals surface area contributed by atoms with Gasteiger partial charge in [0.2, 0.25) is 5.91 Å². The summed E-state index contributed by atoms with van der Waals surface area (Å²) in [5.74, 6) is 0.0530. The molecule has 1 fully saturated rings. The molecule has 1 saturated carbocycles. The van der Waals surface area contributed by atoms with E-state index in [-0.39, 0.29) is 5.91 Å². The Morgan fingerprint density at radius 3 is 2.60 bits per heavy atom. The summed E-state index contributed by atoms with van der Waals surface area (Å²) < 4.78 is 0. The van der Waals surface area contributed by atoms with Crippen molar-refractivity contribution in [2.75, 3.05) is 11.9 Å². The highest BCUT2D eigenvalue weighted by Crippen LogP contribution is 2.37. The topological polar surface area (TPSA) is 69.5 Å². The zero-order chi connectivity index (χ0) is 17.5. The van der Waals surface area contributed by atoms with Gasteiger partial charge in [-0.25, -0.2) is 0 Å². The second kappa shape index (κ2) is 9.35. The summed E-state index contributed by atoms with van der Waals surface area (Å²) in [6, 6.07) is 3.01. The highest BCUT2D eigenvalue weighted by atomic mass is 32.1. The number of hydrogen-bond donors (Lipinski definition) is 2. The van der Waals surface area contributed by atoms with E-state index in [1.54, 1.807) is 11.3 Å². The van der Waals surface area contributed by atoms with Crippen LogP contribution >= 0.6 is 11.3 Å². The third-order valence-electron chi connectivity index (χ3n) is 5.56. The van der Waals surface area contributed by atoms with E-state index in [1.807, 2.05) is 0 Å². The minimum Gasteiger partial charge on any atom is -0.343 e. The normalized spacial score (nSPS) is 18.7. The number of nitriles is 1. The summed E-state index contributed by atoms with van der Waals surface area (Å²) >= 11 is 1.62. The predicted molar refractivity (Wildman–Crippen MR) is 102 cm³/mol. The van der Waals surface area contributed by atoms with E-state index in [9.17, 15) is 10.1 Å². The van der Waals surface area contributed by atoms with Gasteiger partial charge < -0.3 is 10.6 Å². The number of nitrogens with one attached hydrogen (secondary N) is 1. The number of carbonyl (C=O) groups excluding carboxylic acids is 1. The lowest BCUT2D eigenvalue weighted by atomic mass is 9.96. The zero-order valence-electron chi connectivity index (χ0n) is 15.1. The molecule has 2 aliphatic carbocycles. The van der Waals surface area contributed by atoms with Crippen LogP contribution in [0.5, 0.6) is 0 Å². The number of carbonyl (C=O) groups is 1. The van der Waals surface area contributed by atoms with E-state index < -0.39 is 0 Å². The highest BCUT2D eigenvalue weighted by Gasteiger charge is 2.22. The van der Waals surface area contributed by atoms with Crippen LogP contribution in [-0.4, -0.2) is 18.5 Å². The minimum atomic E-state index is 0.0530. The van der Waals surface area contributed by atoms with E-state index in [1.165, 1.54) is 61.8 Å². The van der Waals surface area contributed by atoms with E-state index in [4.69, 9.17) is 0 Å². The first-order chi connectivity index (χ1) is 12.3. The first-order valence-electron chi connectivity index (χ1n) is 9.95. The number of quaternary nitrogens is 1. The van der Waals surface area contributed by atoms with Crippen LogP contribution in [0.25, 0.3) is 0 Å². The van der Waals surface area contributed by atoms with Gasteiger partial charge in [0.25, 0.3) is 0 Å². The Morgan fingerprint density at radius 1 is 1.12 bits per heavy atom.